The summed E-state index contributed by atoms with van der Waals surface area (Å²) in [6.45, 7) is 11.2. The molecule has 22 nitrogen and oxygen atoms in total. The van der Waals surface area contributed by atoms with Crippen molar-refractivity contribution in [2.45, 2.75) is 90.6 Å². The number of carbonyl (C=O) groups excluding carboxylic acids is 4. The zero-order valence-corrected chi connectivity index (χ0v) is 45.8. The number of pyridine rings is 1. The first-order valence-corrected chi connectivity index (χ1v) is 26.8. The van der Waals surface area contributed by atoms with E-state index in [-0.39, 0.29) is 74.5 Å². The van der Waals surface area contributed by atoms with Crippen LogP contribution in [0.2, 0.25) is 5.02 Å². The maximum absolute atomic E-state index is 14.1. The Hall–Kier alpha value is -7.05. The van der Waals surface area contributed by atoms with Gasteiger partial charge in [-0.15, -0.1) is 16.4 Å². The largest absolute Gasteiger partial charge is 0.478 e. The molecule has 6 aromatic rings. The van der Waals surface area contributed by atoms with Crippen LogP contribution in [0, 0.1) is 12.3 Å². The van der Waals surface area contributed by atoms with Crippen LogP contribution in [0.15, 0.2) is 71.2 Å². The van der Waals surface area contributed by atoms with E-state index in [0.717, 1.165) is 40.2 Å². The number of halogens is 1. The van der Waals surface area contributed by atoms with Crippen LogP contribution in [-0.4, -0.2) is 146 Å². The molecule has 4 aromatic heterocycles. The number of likely N-dealkylation sites (N-methyl/N-ethyl adjacent to an activating group) is 1. The number of aryl methyl sites for hydroxylation is 2. The molecule has 2 fully saturated rings. The number of nitrogens with zero attached hydrogens (tertiary/aromatic N) is 9. The van der Waals surface area contributed by atoms with E-state index >= 15 is 0 Å². The van der Waals surface area contributed by atoms with E-state index in [9.17, 15) is 29.1 Å². The third kappa shape index (κ3) is 13.9. The van der Waals surface area contributed by atoms with E-state index in [1.54, 1.807) is 41.4 Å². The van der Waals surface area contributed by atoms with Crippen LogP contribution in [0.4, 0.5) is 17.5 Å². The smallest absolute Gasteiger partial charge is 0.293 e. The number of rotatable bonds is 21. The number of hydrogen-bond acceptors (Lipinski definition) is 17. The molecule has 6 heterocycles. The van der Waals surface area contributed by atoms with Crippen molar-refractivity contribution in [2.75, 3.05) is 69.9 Å². The molecular formula is C53H66ClN13O9S. The van der Waals surface area contributed by atoms with E-state index in [4.69, 9.17) is 30.8 Å². The van der Waals surface area contributed by atoms with Gasteiger partial charge in [0, 0.05) is 63.3 Å². The predicted molar refractivity (Wildman–Crippen MR) is 291 cm³/mol. The maximum atomic E-state index is 14.1. The average Bonchev–Trinajstić information content (AvgIpc) is 4.18. The number of aromatic nitrogens is 7. The molecule has 77 heavy (non-hydrogen) atoms. The molecule has 2 aliphatic rings. The van der Waals surface area contributed by atoms with Crippen molar-refractivity contribution in [3.8, 4) is 16.2 Å². The summed E-state index contributed by atoms with van der Waals surface area (Å²) in [6.07, 6.45) is 4.28. The topological polar surface area (TPSA) is 262 Å². The fourth-order valence-corrected chi connectivity index (χ4v) is 10.3. The number of thiazole rings is 1. The number of β-amino-alcohol motifs (C(OH)–C–C–N with tert-alkyl or cyclic N) is 1. The van der Waals surface area contributed by atoms with E-state index in [0.29, 0.717) is 59.6 Å². The maximum Gasteiger partial charge on any atom is 0.293 e. The molecule has 0 spiro atoms. The molecule has 4 amide bonds. The minimum Gasteiger partial charge on any atom is -0.478 e. The van der Waals surface area contributed by atoms with Gasteiger partial charge in [0.05, 0.1) is 72.0 Å². The molecular weight excluding hydrogens is 1030 g/mol. The van der Waals surface area contributed by atoms with Crippen molar-refractivity contribution in [1.82, 2.24) is 55.4 Å². The van der Waals surface area contributed by atoms with Crippen molar-refractivity contribution in [2.24, 2.45) is 12.5 Å². The lowest BCUT2D eigenvalue weighted by molar-refractivity contribution is -0.144. The van der Waals surface area contributed by atoms with E-state index in [1.165, 1.54) is 16.5 Å². The lowest BCUT2D eigenvalue weighted by Crippen LogP contribution is -2.58. The summed E-state index contributed by atoms with van der Waals surface area (Å²) in [5.41, 5.74) is 5.85. The average molecular weight is 1100 g/mol. The van der Waals surface area contributed by atoms with Gasteiger partial charge in [0.25, 0.3) is 11.5 Å². The number of piperidine rings is 1. The zero-order valence-electron chi connectivity index (χ0n) is 44.2. The fraction of sp³-hybridized carbons (Fsp3) is 0.472. The Balaban J connectivity index is 0.745. The monoisotopic (exact) mass is 1100 g/mol. The van der Waals surface area contributed by atoms with Gasteiger partial charge in [-0.05, 0) is 67.5 Å². The first-order valence-electron chi connectivity index (χ1n) is 25.5. The quantitative estimate of drug-likeness (QED) is 0.0614. The number of aliphatic hydroxyl groups excluding tert-OH is 1. The Kier molecular flexibility index (Phi) is 18.2. The fourth-order valence-electron chi connectivity index (χ4n) is 9.33. The number of likely N-dealkylation sites (tertiary alicyclic amines) is 1. The highest BCUT2D eigenvalue weighted by molar-refractivity contribution is 7.13. The van der Waals surface area contributed by atoms with Crippen LogP contribution in [0.5, 0.6) is 5.75 Å². The highest BCUT2D eigenvalue weighted by atomic mass is 35.5. The van der Waals surface area contributed by atoms with Gasteiger partial charge < -0.3 is 55.0 Å². The van der Waals surface area contributed by atoms with Gasteiger partial charge in [-0.1, -0.05) is 61.9 Å². The van der Waals surface area contributed by atoms with E-state index in [2.05, 4.69) is 46.4 Å². The minimum absolute atomic E-state index is 0.0339. The van der Waals surface area contributed by atoms with Gasteiger partial charge in [0.1, 0.15) is 23.7 Å². The molecule has 0 saturated carbocycles. The number of nitrogens with one attached hydrogen (secondary N) is 4. The van der Waals surface area contributed by atoms with Crippen LogP contribution >= 0.6 is 22.9 Å². The van der Waals surface area contributed by atoms with Gasteiger partial charge in [-0.3, -0.25) is 24.0 Å². The summed E-state index contributed by atoms with van der Waals surface area (Å²) in [5, 5.41) is 32.1. The van der Waals surface area contributed by atoms with Crippen molar-refractivity contribution < 1.29 is 38.5 Å². The number of benzene rings is 2. The number of amides is 4. The number of fused-ring (bicyclic) bond motifs is 1. The Morgan fingerprint density at radius 1 is 0.961 bits per heavy atom. The normalized spacial score (nSPS) is 16.8. The molecule has 5 N–H and O–H groups in total. The number of ether oxygens (including phenoxy) is 3. The Labute approximate surface area is 454 Å². The van der Waals surface area contributed by atoms with Gasteiger partial charge in [0.15, 0.2) is 18.2 Å². The SMILES string of the molecule is CNC(=O)COc1cc2cc(Nc3nc(N4CCC(c5cn(CCOCCOCC(=O)N[C@H](C(=O)N6C[C@H](O)C[C@H]6C(=O)N[C@@H](C)c6ccc(-c7scnc7C)cc6)C(C)(C)C)nn5)CC4)ncc3Cl)ccc2n(C)c1=O. The summed E-state index contributed by atoms with van der Waals surface area (Å²) in [5.74, 6) is -0.499. The zero-order chi connectivity index (χ0) is 55.0. The molecule has 8 rings (SSSR count). The van der Waals surface area contributed by atoms with Crippen LogP contribution in [0.25, 0.3) is 21.3 Å². The highest BCUT2D eigenvalue weighted by Gasteiger charge is 2.45. The van der Waals surface area contributed by atoms with E-state index in [1.807, 2.05) is 82.7 Å². The molecule has 2 saturated heterocycles. The first-order chi connectivity index (χ1) is 36.9. The highest BCUT2D eigenvalue weighted by Crippen LogP contribution is 2.33. The molecule has 0 radical (unpaired) electrons. The molecule has 2 aromatic carbocycles. The van der Waals surface area contributed by atoms with Crippen molar-refractivity contribution in [1.29, 1.82) is 0 Å². The van der Waals surface area contributed by atoms with Crippen LogP contribution in [0.1, 0.15) is 75.9 Å². The number of anilines is 3. The molecule has 4 atom stereocenters. The molecule has 24 heteroatoms. The Morgan fingerprint density at radius 2 is 1.71 bits per heavy atom. The van der Waals surface area contributed by atoms with Gasteiger partial charge in [-0.2, -0.15) is 4.98 Å². The summed E-state index contributed by atoms with van der Waals surface area (Å²) >= 11 is 8.13. The van der Waals surface area contributed by atoms with Crippen LogP contribution in [-0.2, 0) is 42.2 Å². The molecule has 2 aliphatic heterocycles. The number of hydrogen-bond donors (Lipinski definition) is 5. The Morgan fingerprint density at radius 3 is 2.43 bits per heavy atom. The van der Waals surface area contributed by atoms with E-state index < -0.39 is 35.4 Å². The van der Waals surface area contributed by atoms with Gasteiger partial charge >= 0.3 is 0 Å². The standard InChI is InChI=1S/C53H66ClN13O9S/c1-31(33-8-10-35(11-9-33)46-32(2)57-30-77-46)58-49(71)42-24-38(68)26-67(42)51(73)47(53(3,4)5)60-45(70)28-75-21-20-74-19-18-66-27-40(62-63-66)34-14-16-65(17-15-34)52-56-25-39(54)48(61-52)59-37-12-13-41-36(22-37)23-43(50(72)64(41)7)76-29-44(69)55-6/h8-13,22-23,25,27,30-31,34,38,42,47,68H,14-21,24,26,28-29H2,1-7H3,(H,55,69)(H,58,71)(H,60,70)(H,56,59,61)/t31-,38+,42-,47+/m0/s1. The predicted octanol–water partition coefficient (Wildman–Crippen LogP) is 4.66. The summed E-state index contributed by atoms with van der Waals surface area (Å²) in [6, 6.07) is 12.7. The lowest BCUT2D eigenvalue weighted by Gasteiger charge is -2.35. The Bertz CT molecular complexity index is 3120. The van der Waals surface area contributed by atoms with Crippen molar-refractivity contribution >= 4 is 74.9 Å². The lowest BCUT2D eigenvalue weighted by atomic mass is 9.85. The molecule has 0 aliphatic carbocycles. The van der Waals surface area contributed by atoms with Gasteiger partial charge in [-0.25, -0.2) is 14.6 Å². The number of carbonyl (C=O) groups is 4. The van der Waals surface area contributed by atoms with Crippen LogP contribution in [0.3, 0.4) is 0 Å². The third-order valence-corrected chi connectivity index (χ3v) is 15.0. The summed E-state index contributed by atoms with van der Waals surface area (Å²) in [7, 11) is 3.14. The minimum atomic E-state index is -0.990. The third-order valence-electron chi connectivity index (χ3n) is 13.7. The second-order valence-electron chi connectivity index (χ2n) is 20.3. The molecule has 0 bridgehead atoms. The second kappa shape index (κ2) is 25.0. The molecule has 410 valence electrons. The van der Waals surface area contributed by atoms with Crippen molar-refractivity contribution in [3.63, 3.8) is 0 Å². The van der Waals surface area contributed by atoms with Crippen LogP contribution < -0.4 is 36.5 Å². The summed E-state index contributed by atoms with van der Waals surface area (Å²) < 4.78 is 20.1. The summed E-state index contributed by atoms with van der Waals surface area (Å²) in [4.78, 5) is 83.7. The van der Waals surface area contributed by atoms with Crippen molar-refractivity contribution in [3.05, 3.63) is 98.8 Å². The van der Waals surface area contributed by atoms with Gasteiger partial charge in [0.2, 0.25) is 23.7 Å². The number of aliphatic hydroxyl groups is 1. The molecule has 0 unspecified atom stereocenters. The first kappa shape index (κ1) is 56.2. The second-order valence-corrected chi connectivity index (χ2v) is 21.6.